The smallest absolute Gasteiger partial charge is 0.363 e. The van der Waals surface area contributed by atoms with E-state index in [4.69, 9.17) is 4.74 Å². The highest BCUT2D eigenvalue weighted by atomic mass is 79.9. The lowest BCUT2D eigenvalue weighted by Gasteiger charge is -2.01. The third-order valence-corrected chi connectivity index (χ3v) is 2.86. The lowest BCUT2D eigenvalue weighted by molar-refractivity contribution is -0.130. The Balaban J connectivity index is 2.37. The van der Waals surface area contributed by atoms with E-state index in [1.54, 1.807) is 12.2 Å². The number of aliphatic imine (C=N–C) groups is 1. The van der Waals surface area contributed by atoms with Crippen LogP contribution in [0.25, 0.3) is 0 Å². The molecule has 0 fully saturated rings. The van der Waals surface area contributed by atoms with E-state index in [1.807, 2.05) is 37.3 Å². The first-order valence-corrected chi connectivity index (χ1v) is 5.90. The number of allylic oxidation sites excluding steroid dienone is 3. The maximum absolute atomic E-state index is 11.5. The van der Waals surface area contributed by atoms with Crippen LogP contribution in [0.3, 0.4) is 0 Å². The van der Waals surface area contributed by atoms with Crippen molar-refractivity contribution >= 4 is 27.8 Å². The lowest BCUT2D eigenvalue weighted by atomic mass is 10.2. The molecule has 0 aliphatic carbocycles. The van der Waals surface area contributed by atoms with E-state index in [1.165, 1.54) is 0 Å². The minimum absolute atomic E-state index is 0.314. The van der Waals surface area contributed by atoms with Crippen molar-refractivity contribution in [2.75, 3.05) is 0 Å². The van der Waals surface area contributed by atoms with E-state index in [0.717, 1.165) is 10.0 Å². The number of carbonyl (C=O) groups excluding carboxylic acids is 1. The largest absolute Gasteiger partial charge is 0.402 e. The Hall–Kier alpha value is -1.68. The first-order chi connectivity index (χ1) is 8.22. The SMILES string of the molecule is CC=CC=C1N=C(c2ccccc2Br)OC1=O. The Morgan fingerprint density at radius 1 is 1.35 bits per heavy atom. The number of benzene rings is 1. The summed E-state index contributed by atoms with van der Waals surface area (Å²) in [7, 11) is 0. The molecule has 0 saturated carbocycles. The molecule has 0 aromatic heterocycles. The third kappa shape index (κ3) is 2.53. The van der Waals surface area contributed by atoms with E-state index < -0.39 is 5.97 Å². The van der Waals surface area contributed by atoms with E-state index in [0.29, 0.717) is 11.6 Å². The molecule has 0 bridgehead atoms. The van der Waals surface area contributed by atoms with Gasteiger partial charge in [-0.05, 0) is 41.1 Å². The molecular weight excluding hydrogens is 282 g/mol. The number of ether oxygens (including phenoxy) is 1. The number of rotatable bonds is 2. The fourth-order valence-corrected chi connectivity index (χ4v) is 1.81. The zero-order valence-corrected chi connectivity index (χ0v) is 10.8. The molecule has 86 valence electrons. The van der Waals surface area contributed by atoms with Crippen molar-refractivity contribution in [3.05, 3.63) is 58.2 Å². The third-order valence-electron chi connectivity index (χ3n) is 2.17. The molecule has 0 N–H and O–H groups in total. The Morgan fingerprint density at radius 2 is 2.12 bits per heavy atom. The molecule has 2 rings (SSSR count). The predicted octanol–water partition coefficient (Wildman–Crippen LogP) is 3.21. The van der Waals surface area contributed by atoms with Crippen molar-refractivity contribution < 1.29 is 9.53 Å². The number of hydrogen-bond donors (Lipinski definition) is 0. The summed E-state index contributed by atoms with van der Waals surface area (Å²) >= 11 is 3.39. The average Bonchev–Trinajstić information content (AvgIpc) is 2.68. The highest BCUT2D eigenvalue weighted by Gasteiger charge is 2.24. The van der Waals surface area contributed by atoms with Crippen LogP contribution in [0.15, 0.2) is 57.7 Å². The van der Waals surface area contributed by atoms with Crippen LogP contribution in [-0.2, 0) is 9.53 Å². The van der Waals surface area contributed by atoms with Crippen LogP contribution in [0, 0.1) is 0 Å². The van der Waals surface area contributed by atoms with Gasteiger partial charge in [0.1, 0.15) is 0 Å². The molecular formula is C13H10BrNO2. The topological polar surface area (TPSA) is 38.7 Å². The normalized spacial score (nSPS) is 17.6. The maximum Gasteiger partial charge on any atom is 0.363 e. The summed E-state index contributed by atoms with van der Waals surface area (Å²) in [6.07, 6.45) is 5.21. The quantitative estimate of drug-likeness (QED) is 0.620. The van der Waals surface area contributed by atoms with Crippen molar-refractivity contribution in [2.24, 2.45) is 4.99 Å². The van der Waals surface area contributed by atoms with Gasteiger partial charge in [-0.25, -0.2) is 9.79 Å². The van der Waals surface area contributed by atoms with E-state index >= 15 is 0 Å². The Kier molecular flexibility index (Phi) is 3.54. The maximum atomic E-state index is 11.5. The minimum atomic E-state index is -0.422. The summed E-state index contributed by atoms with van der Waals surface area (Å²) < 4.78 is 5.96. The number of cyclic esters (lactones) is 1. The molecule has 17 heavy (non-hydrogen) atoms. The van der Waals surface area contributed by atoms with Gasteiger partial charge in [-0.1, -0.05) is 24.3 Å². The molecule has 0 unspecified atom stereocenters. The number of hydrogen-bond acceptors (Lipinski definition) is 3. The van der Waals surface area contributed by atoms with E-state index in [2.05, 4.69) is 20.9 Å². The van der Waals surface area contributed by atoms with Crippen LogP contribution in [0.2, 0.25) is 0 Å². The Labute approximate surface area is 108 Å². The standard InChI is InChI=1S/C13H10BrNO2/c1-2-3-8-11-13(16)17-12(15-11)9-6-4-5-7-10(9)14/h2-8H,1H3. The van der Waals surface area contributed by atoms with Gasteiger partial charge in [0.25, 0.3) is 0 Å². The van der Waals surface area contributed by atoms with Crippen molar-refractivity contribution in [3.63, 3.8) is 0 Å². The number of carbonyl (C=O) groups is 1. The molecule has 0 spiro atoms. The van der Waals surface area contributed by atoms with Crippen LogP contribution in [0.1, 0.15) is 12.5 Å². The second-order valence-corrected chi connectivity index (χ2v) is 4.22. The molecule has 1 aromatic rings. The molecule has 1 heterocycles. The second-order valence-electron chi connectivity index (χ2n) is 3.36. The van der Waals surface area contributed by atoms with Crippen molar-refractivity contribution in [1.29, 1.82) is 0 Å². The van der Waals surface area contributed by atoms with Crippen LogP contribution in [0.4, 0.5) is 0 Å². The van der Waals surface area contributed by atoms with Crippen molar-refractivity contribution in [1.82, 2.24) is 0 Å². The van der Waals surface area contributed by atoms with Gasteiger partial charge in [0.05, 0.1) is 5.56 Å². The van der Waals surface area contributed by atoms with Crippen molar-refractivity contribution in [2.45, 2.75) is 6.92 Å². The van der Waals surface area contributed by atoms with Crippen LogP contribution in [-0.4, -0.2) is 11.9 Å². The highest BCUT2D eigenvalue weighted by molar-refractivity contribution is 9.10. The average molecular weight is 292 g/mol. The molecule has 1 aliphatic rings. The fraction of sp³-hybridized carbons (Fsp3) is 0.0769. The molecule has 0 radical (unpaired) electrons. The minimum Gasteiger partial charge on any atom is -0.402 e. The van der Waals surface area contributed by atoms with Gasteiger partial charge in [-0.15, -0.1) is 0 Å². The van der Waals surface area contributed by atoms with Crippen LogP contribution < -0.4 is 0 Å². The van der Waals surface area contributed by atoms with E-state index in [-0.39, 0.29) is 0 Å². The lowest BCUT2D eigenvalue weighted by Crippen LogP contribution is -2.05. The molecule has 4 heteroatoms. The zero-order chi connectivity index (χ0) is 12.3. The van der Waals surface area contributed by atoms with Gasteiger partial charge in [-0.2, -0.15) is 0 Å². The molecule has 1 aliphatic heterocycles. The van der Waals surface area contributed by atoms with Gasteiger partial charge < -0.3 is 4.74 Å². The van der Waals surface area contributed by atoms with Crippen LogP contribution >= 0.6 is 15.9 Å². The number of esters is 1. The molecule has 0 atom stereocenters. The summed E-state index contributed by atoms with van der Waals surface area (Å²) in [5.74, 6) is -0.0907. The van der Waals surface area contributed by atoms with Gasteiger partial charge in [0, 0.05) is 4.47 Å². The second kappa shape index (κ2) is 5.10. The fourth-order valence-electron chi connectivity index (χ4n) is 1.36. The predicted molar refractivity (Wildman–Crippen MR) is 69.7 cm³/mol. The van der Waals surface area contributed by atoms with Gasteiger partial charge in [-0.3, -0.25) is 0 Å². The van der Waals surface area contributed by atoms with Crippen molar-refractivity contribution in [3.8, 4) is 0 Å². The monoisotopic (exact) mass is 291 g/mol. The summed E-state index contributed by atoms with van der Waals surface area (Å²) in [5, 5.41) is 0. The molecule has 3 nitrogen and oxygen atoms in total. The Morgan fingerprint density at radius 3 is 2.82 bits per heavy atom. The summed E-state index contributed by atoms with van der Waals surface area (Å²) in [4.78, 5) is 15.7. The first-order valence-electron chi connectivity index (χ1n) is 5.11. The van der Waals surface area contributed by atoms with Gasteiger partial charge in [0.2, 0.25) is 5.90 Å². The van der Waals surface area contributed by atoms with Crippen LogP contribution in [0.5, 0.6) is 0 Å². The molecule has 0 saturated heterocycles. The van der Waals surface area contributed by atoms with Gasteiger partial charge >= 0.3 is 5.97 Å². The zero-order valence-electron chi connectivity index (χ0n) is 9.18. The Bertz CT molecular complexity index is 544. The molecule has 1 aromatic carbocycles. The van der Waals surface area contributed by atoms with E-state index in [9.17, 15) is 4.79 Å². The number of nitrogens with zero attached hydrogens (tertiary/aromatic N) is 1. The summed E-state index contributed by atoms with van der Waals surface area (Å²) in [6.45, 7) is 1.87. The summed E-state index contributed by atoms with van der Waals surface area (Å²) in [5.41, 5.74) is 1.08. The molecule has 0 amide bonds. The van der Waals surface area contributed by atoms with Gasteiger partial charge in [0.15, 0.2) is 5.70 Å². The highest BCUT2D eigenvalue weighted by Crippen LogP contribution is 2.22. The summed E-state index contributed by atoms with van der Waals surface area (Å²) in [6, 6.07) is 7.47. The first kappa shape index (κ1) is 11.8. The number of halogens is 1.